The van der Waals surface area contributed by atoms with Crippen LogP contribution in [0.15, 0.2) is 24.5 Å². The summed E-state index contributed by atoms with van der Waals surface area (Å²) in [5, 5.41) is 0. The molecule has 1 aromatic heterocycles. The lowest BCUT2D eigenvalue weighted by Gasteiger charge is -2.32. The van der Waals surface area contributed by atoms with E-state index in [0.717, 1.165) is 56.9 Å². The number of carbonyl (C=O) groups is 2. The molecule has 2 fully saturated rings. The van der Waals surface area contributed by atoms with Crippen molar-refractivity contribution in [2.75, 3.05) is 13.6 Å². The Morgan fingerprint density at radius 1 is 0.939 bits per heavy atom. The van der Waals surface area contributed by atoms with Crippen molar-refractivity contribution in [1.82, 2.24) is 9.88 Å². The number of ketones is 1. The van der Waals surface area contributed by atoms with Gasteiger partial charge < -0.3 is 9.64 Å². The highest BCUT2D eigenvalue weighted by Crippen LogP contribution is 2.35. The lowest BCUT2D eigenvalue weighted by atomic mass is 9.75. The number of aromatic nitrogens is 1. The van der Waals surface area contributed by atoms with Crippen molar-refractivity contribution in [1.29, 1.82) is 0 Å². The lowest BCUT2D eigenvalue weighted by molar-refractivity contribution is -0.124. The van der Waals surface area contributed by atoms with Gasteiger partial charge in [-0.05, 0) is 108 Å². The quantitative estimate of drug-likeness (QED) is 0.451. The molecule has 5 heteroatoms. The maximum atomic E-state index is 12.8. The van der Waals surface area contributed by atoms with Crippen LogP contribution in [0.25, 0.3) is 0 Å². The lowest BCUT2D eigenvalue weighted by Crippen LogP contribution is -2.38. The Kier molecular flexibility index (Phi) is 9.34. The van der Waals surface area contributed by atoms with Gasteiger partial charge in [-0.2, -0.15) is 0 Å². The number of amides is 1. The van der Waals surface area contributed by atoms with Gasteiger partial charge in [0.15, 0.2) is 0 Å². The molecule has 0 N–H and O–H groups in total. The average Bonchev–Trinajstić information content (AvgIpc) is 2.78. The van der Waals surface area contributed by atoms with Crippen molar-refractivity contribution >= 4 is 11.9 Å². The smallest absolute Gasteiger partial charge is 0.410 e. The maximum absolute atomic E-state index is 12.8. The number of ether oxygens (including phenoxy) is 1. The van der Waals surface area contributed by atoms with E-state index in [1.807, 2.05) is 40.2 Å². The van der Waals surface area contributed by atoms with E-state index >= 15 is 0 Å². The minimum absolute atomic E-state index is 0.233. The van der Waals surface area contributed by atoms with E-state index in [2.05, 4.69) is 17.1 Å². The first-order valence-electron chi connectivity index (χ1n) is 13.1. The van der Waals surface area contributed by atoms with Crippen LogP contribution in [-0.4, -0.2) is 41.0 Å². The molecule has 0 unspecified atom stereocenters. The monoisotopic (exact) mass is 456 g/mol. The summed E-state index contributed by atoms with van der Waals surface area (Å²) in [6.07, 6.45) is 15.7. The maximum Gasteiger partial charge on any atom is 0.410 e. The van der Waals surface area contributed by atoms with E-state index in [-0.39, 0.29) is 12.0 Å². The Morgan fingerprint density at radius 3 is 2.12 bits per heavy atom. The number of pyridine rings is 1. The van der Waals surface area contributed by atoms with E-state index in [0.29, 0.717) is 11.7 Å². The third kappa shape index (κ3) is 8.75. The summed E-state index contributed by atoms with van der Waals surface area (Å²) in [6.45, 7) is 6.40. The number of carbonyl (C=O) groups excluding carboxylic acids is 2. The highest BCUT2D eigenvalue weighted by atomic mass is 16.6. The summed E-state index contributed by atoms with van der Waals surface area (Å²) in [5.41, 5.74) is 0.936. The first kappa shape index (κ1) is 25.7. The molecule has 1 amide bonds. The van der Waals surface area contributed by atoms with Crippen LogP contribution in [0.4, 0.5) is 4.79 Å². The summed E-state index contributed by atoms with van der Waals surface area (Å²) >= 11 is 0. The van der Waals surface area contributed by atoms with Gasteiger partial charge in [-0.25, -0.2) is 4.79 Å². The van der Waals surface area contributed by atoms with Crippen molar-refractivity contribution in [2.45, 2.75) is 97.0 Å². The molecule has 2 aliphatic carbocycles. The Labute approximate surface area is 200 Å². The second-order valence-electron chi connectivity index (χ2n) is 11.5. The highest BCUT2D eigenvalue weighted by molar-refractivity contribution is 5.81. The van der Waals surface area contributed by atoms with Crippen LogP contribution >= 0.6 is 0 Å². The first-order valence-corrected chi connectivity index (χ1v) is 13.1. The Hall–Kier alpha value is -1.91. The summed E-state index contributed by atoms with van der Waals surface area (Å²) in [4.78, 5) is 30.9. The number of hydrogen-bond acceptors (Lipinski definition) is 4. The van der Waals surface area contributed by atoms with Gasteiger partial charge >= 0.3 is 6.09 Å². The zero-order chi connectivity index (χ0) is 23.8. The molecule has 1 aromatic rings. The van der Waals surface area contributed by atoms with Crippen molar-refractivity contribution in [3.63, 3.8) is 0 Å². The van der Waals surface area contributed by atoms with Crippen LogP contribution < -0.4 is 0 Å². The Bertz CT molecular complexity index is 742. The molecule has 1 heterocycles. The fraction of sp³-hybridized carbons (Fsp3) is 0.750. The summed E-state index contributed by atoms with van der Waals surface area (Å²) < 4.78 is 5.46. The minimum atomic E-state index is -0.464. The minimum Gasteiger partial charge on any atom is -0.444 e. The molecule has 0 aliphatic heterocycles. The van der Waals surface area contributed by atoms with Gasteiger partial charge in [-0.1, -0.05) is 12.8 Å². The molecule has 184 valence electrons. The van der Waals surface area contributed by atoms with Crippen molar-refractivity contribution in [3.8, 4) is 0 Å². The van der Waals surface area contributed by atoms with Gasteiger partial charge in [-0.3, -0.25) is 9.78 Å². The number of hydrogen-bond donors (Lipinski definition) is 0. The average molecular weight is 457 g/mol. The molecule has 2 aliphatic rings. The second-order valence-corrected chi connectivity index (χ2v) is 11.5. The van der Waals surface area contributed by atoms with E-state index in [9.17, 15) is 9.59 Å². The standard InChI is InChI=1S/C28H44N2O3/c1-28(2,3)33-27(32)30(4)20-24-9-12-25(13-10-24)26(31)14-11-21-5-7-22(8-6-21)19-23-15-17-29-18-16-23/h15-18,21-22,24-25H,5-14,19-20H2,1-4H3. The van der Waals surface area contributed by atoms with E-state index < -0.39 is 5.60 Å². The number of rotatable bonds is 8. The molecule has 0 bridgehead atoms. The van der Waals surface area contributed by atoms with Gasteiger partial charge in [0.2, 0.25) is 0 Å². The summed E-state index contributed by atoms with van der Waals surface area (Å²) in [5.74, 6) is 2.70. The molecule has 2 saturated carbocycles. The molecule has 0 saturated heterocycles. The largest absolute Gasteiger partial charge is 0.444 e. The zero-order valence-corrected chi connectivity index (χ0v) is 21.2. The molecular formula is C28H44N2O3. The first-order chi connectivity index (χ1) is 15.7. The van der Waals surface area contributed by atoms with E-state index in [1.165, 1.54) is 37.7 Å². The SMILES string of the molecule is CN(CC1CCC(C(=O)CCC2CCC(Cc3ccncc3)CC2)CC1)C(=O)OC(C)(C)C. The van der Waals surface area contributed by atoms with Gasteiger partial charge in [0, 0.05) is 38.3 Å². The number of Topliss-reactive ketones (excluding diaryl/α,β-unsaturated/α-hetero) is 1. The Morgan fingerprint density at radius 2 is 1.52 bits per heavy atom. The summed E-state index contributed by atoms with van der Waals surface area (Å²) in [6, 6.07) is 4.27. The predicted octanol–water partition coefficient (Wildman–Crippen LogP) is 6.45. The van der Waals surface area contributed by atoms with Crippen LogP contribution in [0.2, 0.25) is 0 Å². The molecule has 33 heavy (non-hydrogen) atoms. The normalized spacial score (nSPS) is 25.9. The van der Waals surface area contributed by atoms with Crippen molar-refractivity contribution < 1.29 is 14.3 Å². The molecular weight excluding hydrogens is 412 g/mol. The fourth-order valence-corrected chi connectivity index (χ4v) is 5.60. The second kappa shape index (κ2) is 12.0. The molecule has 3 rings (SSSR count). The fourth-order valence-electron chi connectivity index (χ4n) is 5.60. The summed E-state index contributed by atoms with van der Waals surface area (Å²) in [7, 11) is 1.82. The number of nitrogens with zero attached hydrogens (tertiary/aromatic N) is 2. The van der Waals surface area contributed by atoms with E-state index in [1.54, 1.807) is 4.90 Å². The molecule has 0 atom stereocenters. The molecule has 0 spiro atoms. The molecule has 5 nitrogen and oxygen atoms in total. The van der Waals surface area contributed by atoms with Crippen LogP contribution in [0, 0.1) is 23.7 Å². The van der Waals surface area contributed by atoms with Crippen LogP contribution in [0.3, 0.4) is 0 Å². The zero-order valence-electron chi connectivity index (χ0n) is 21.2. The van der Waals surface area contributed by atoms with E-state index in [4.69, 9.17) is 4.74 Å². The predicted molar refractivity (Wildman–Crippen MR) is 132 cm³/mol. The third-order valence-electron chi connectivity index (χ3n) is 7.58. The van der Waals surface area contributed by atoms with Crippen molar-refractivity contribution in [3.05, 3.63) is 30.1 Å². The van der Waals surface area contributed by atoms with Gasteiger partial charge in [0.25, 0.3) is 0 Å². The Balaban J connectivity index is 1.30. The van der Waals surface area contributed by atoms with Gasteiger partial charge in [-0.15, -0.1) is 0 Å². The van der Waals surface area contributed by atoms with Crippen molar-refractivity contribution in [2.24, 2.45) is 23.7 Å². The molecule has 0 radical (unpaired) electrons. The molecule has 0 aromatic carbocycles. The topological polar surface area (TPSA) is 59.5 Å². The third-order valence-corrected chi connectivity index (χ3v) is 7.58. The van der Waals surface area contributed by atoms with Gasteiger partial charge in [0.05, 0.1) is 0 Å². The highest BCUT2D eigenvalue weighted by Gasteiger charge is 2.29. The van der Waals surface area contributed by atoms with Crippen LogP contribution in [-0.2, 0) is 16.0 Å². The van der Waals surface area contributed by atoms with Crippen LogP contribution in [0.1, 0.15) is 90.5 Å². The van der Waals surface area contributed by atoms with Crippen LogP contribution in [0.5, 0.6) is 0 Å². The van der Waals surface area contributed by atoms with Gasteiger partial charge in [0.1, 0.15) is 11.4 Å².